The summed E-state index contributed by atoms with van der Waals surface area (Å²) in [7, 11) is 0. The predicted octanol–water partition coefficient (Wildman–Crippen LogP) is 0.917. The van der Waals surface area contributed by atoms with Gasteiger partial charge in [-0.1, -0.05) is 36.4 Å². The SMILES string of the molecule is NC(=O)C1CC(c2ccccc2)=CCN1. The summed E-state index contributed by atoms with van der Waals surface area (Å²) in [6.07, 6.45) is 2.79. The van der Waals surface area contributed by atoms with E-state index in [1.165, 1.54) is 11.1 Å². The third kappa shape index (κ3) is 2.25. The summed E-state index contributed by atoms with van der Waals surface area (Å²) < 4.78 is 0. The van der Waals surface area contributed by atoms with E-state index in [4.69, 9.17) is 5.73 Å². The molecule has 78 valence electrons. The van der Waals surface area contributed by atoms with Crippen LogP contribution >= 0.6 is 0 Å². The maximum absolute atomic E-state index is 11.1. The molecule has 3 N–H and O–H groups in total. The quantitative estimate of drug-likeness (QED) is 0.749. The molecule has 0 saturated carbocycles. The molecular formula is C12H14N2O. The van der Waals surface area contributed by atoms with Crippen molar-refractivity contribution in [2.75, 3.05) is 6.54 Å². The summed E-state index contributed by atoms with van der Waals surface area (Å²) >= 11 is 0. The number of hydrogen-bond acceptors (Lipinski definition) is 2. The van der Waals surface area contributed by atoms with E-state index in [0.717, 1.165) is 0 Å². The van der Waals surface area contributed by atoms with Gasteiger partial charge in [0.1, 0.15) is 0 Å². The fourth-order valence-corrected chi connectivity index (χ4v) is 1.79. The van der Waals surface area contributed by atoms with Crippen LogP contribution in [0.2, 0.25) is 0 Å². The fraction of sp³-hybridized carbons (Fsp3) is 0.250. The number of nitrogens with one attached hydrogen (secondary N) is 1. The van der Waals surface area contributed by atoms with Crippen LogP contribution in [0, 0.1) is 0 Å². The minimum Gasteiger partial charge on any atom is -0.368 e. The molecule has 1 aromatic rings. The summed E-state index contributed by atoms with van der Waals surface area (Å²) in [4.78, 5) is 11.1. The highest BCUT2D eigenvalue weighted by molar-refractivity contribution is 5.83. The average molecular weight is 202 g/mol. The Morgan fingerprint density at radius 1 is 1.33 bits per heavy atom. The molecule has 1 aliphatic rings. The normalized spacial score (nSPS) is 20.8. The van der Waals surface area contributed by atoms with Gasteiger partial charge in [0.2, 0.25) is 5.91 Å². The number of carbonyl (C=O) groups is 1. The molecule has 1 amide bonds. The Kier molecular flexibility index (Phi) is 2.83. The molecule has 15 heavy (non-hydrogen) atoms. The van der Waals surface area contributed by atoms with Gasteiger partial charge in [-0.3, -0.25) is 4.79 Å². The summed E-state index contributed by atoms with van der Waals surface area (Å²) in [5, 5.41) is 3.07. The molecule has 0 aliphatic carbocycles. The van der Waals surface area contributed by atoms with Gasteiger partial charge in [-0.25, -0.2) is 0 Å². The number of primary amides is 1. The summed E-state index contributed by atoms with van der Waals surface area (Å²) in [5.41, 5.74) is 7.64. The zero-order valence-electron chi connectivity index (χ0n) is 8.44. The lowest BCUT2D eigenvalue weighted by atomic mass is 9.95. The highest BCUT2D eigenvalue weighted by Crippen LogP contribution is 2.21. The van der Waals surface area contributed by atoms with Crippen molar-refractivity contribution >= 4 is 11.5 Å². The Morgan fingerprint density at radius 3 is 2.73 bits per heavy atom. The Labute approximate surface area is 89.0 Å². The lowest BCUT2D eigenvalue weighted by Crippen LogP contribution is -2.43. The van der Waals surface area contributed by atoms with Gasteiger partial charge in [-0.2, -0.15) is 0 Å². The molecule has 0 radical (unpaired) electrons. The predicted molar refractivity (Wildman–Crippen MR) is 60.0 cm³/mol. The second kappa shape index (κ2) is 4.28. The van der Waals surface area contributed by atoms with Gasteiger partial charge >= 0.3 is 0 Å². The lowest BCUT2D eigenvalue weighted by molar-refractivity contribution is -0.119. The van der Waals surface area contributed by atoms with E-state index in [9.17, 15) is 4.79 Å². The van der Waals surface area contributed by atoms with Crippen LogP contribution in [0.5, 0.6) is 0 Å². The first kappa shape index (κ1) is 9.93. The lowest BCUT2D eigenvalue weighted by Gasteiger charge is -2.21. The van der Waals surface area contributed by atoms with Crippen LogP contribution in [-0.4, -0.2) is 18.5 Å². The number of benzene rings is 1. The molecule has 1 heterocycles. The average Bonchev–Trinajstić information content (AvgIpc) is 2.30. The molecule has 2 rings (SSSR count). The highest BCUT2D eigenvalue weighted by atomic mass is 16.1. The Hall–Kier alpha value is -1.61. The monoisotopic (exact) mass is 202 g/mol. The molecule has 1 unspecified atom stereocenters. The third-order valence-corrected chi connectivity index (χ3v) is 2.62. The van der Waals surface area contributed by atoms with Gasteiger partial charge < -0.3 is 11.1 Å². The molecule has 3 nitrogen and oxygen atoms in total. The van der Waals surface area contributed by atoms with E-state index in [1.54, 1.807) is 0 Å². The molecule has 1 aliphatic heterocycles. The maximum atomic E-state index is 11.1. The van der Waals surface area contributed by atoms with Gasteiger partial charge in [0.05, 0.1) is 6.04 Å². The van der Waals surface area contributed by atoms with Crippen molar-refractivity contribution < 1.29 is 4.79 Å². The maximum Gasteiger partial charge on any atom is 0.234 e. The van der Waals surface area contributed by atoms with Crippen LogP contribution in [-0.2, 0) is 4.79 Å². The van der Waals surface area contributed by atoms with Crippen LogP contribution in [0.4, 0.5) is 0 Å². The van der Waals surface area contributed by atoms with E-state index < -0.39 is 0 Å². The molecule has 0 aromatic heterocycles. The molecule has 0 fully saturated rings. The third-order valence-electron chi connectivity index (χ3n) is 2.62. The second-order valence-electron chi connectivity index (χ2n) is 3.66. The van der Waals surface area contributed by atoms with Gasteiger partial charge in [-0.15, -0.1) is 0 Å². The molecule has 0 bridgehead atoms. The van der Waals surface area contributed by atoms with Crippen molar-refractivity contribution in [1.29, 1.82) is 0 Å². The van der Waals surface area contributed by atoms with E-state index in [2.05, 4.69) is 23.5 Å². The first-order chi connectivity index (χ1) is 7.27. The van der Waals surface area contributed by atoms with E-state index >= 15 is 0 Å². The van der Waals surface area contributed by atoms with Crippen molar-refractivity contribution in [3.63, 3.8) is 0 Å². The highest BCUT2D eigenvalue weighted by Gasteiger charge is 2.19. The molecule has 1 atom stereocenters. The number of nitrogens with two attached hydrogens (primary N) is 1. The Bertz CT molecular complexity index is 384. The largest absolute Gasteiger partial charge is 0.368 e. The molecule has 0 saturated heterocycles. The summed E-state index contributed by atoms with van der Waals surface area (Å²) in [6.45, 7) is 0.706. The number of rotatable bonds is 2. The molecular weight excluding hydrogens is 188 g/mol. The number of hydrogen-bond donors (Lipinski definition) is 2. The van der Waals surface area contributed by atoms with Gasteiger partial charge in [-0.05, 0) is 17.6 Å². The van der Waals surface area contributed by atoms with Crippen LogP contribution in [0.15, 0.2) is 36.4 Å². The zero-order chi connectivity index (χ0) is 10.7. The van der Waals surface area contributed by atoms with E-state index in [1.807, 2.05) is 18.2 Å². The first-order valence-corrected chi connectivity index (χ1v) is 5.04. The van der Waals surface area contributed by atoms with Gasteiger partial charge in [0.25, 0.3) is 0 Å². The van der Waals surface area contributed by atoms with Crippen LogP contribution in [0.25, 0.3) is 5.57 Å². The van der Waals surface area contributed by atoms with Crippen molar-refractivity contribution in [3.8, 4) is 0 Å². The molecule has 3 heteroatoms. The second-order valence-corrected chi connectivity index (χ2v) is 3.66. The first-order valence-electron chi connectivity index (χ1n) is 5.04. The van der Waals surface area contributed by atoms with Crippen molar-refractivity contribution in [2.24, 2.45) is 5.73 Å². The molecule has 0 spiro atoms. The van der Waals surface area contributed by atoms with Gasteiger partial charge in [0.15, 0.2) is 0 Å². The van der Waals surface area contributed by atoms with Crippen LogP contribution < -0.4 is 11.1 Å². The van der Waals surface area contributed by atoms with E-state index in [0.29, 0.717) is 13.0 Å². The topological polar surface area (TPSA) is 55.1 Å². The minimum atomic E-state index is -0.281. The van der Waals surface area contributed by atoms with Crippen molar-refractivity contribution in [1.82, 2.24) is 5.32 Å². The van der Waals surface area contributed by atoms with Crippen LogP contribution in [0.1, 0.15) is 12.0 Å². The van der Waals surface area contributed by atoms with Crippen LogP contribution in [0.3, 0.4) is 0 Å². The Balaban J connectivity index is 2.18. The fourth-order valence-electron chi connectivity index (χ4n) is 1.79. The van der Waals surface area contributed by atoms with Crippen molar-refractivity contribution in [3.05, 3.63) is 42.0 Å². The van der Waals surface area contributed by atoms with Crippen molar-refractivity contribution in [2.45, 2.75) is 12.5 Å². The standard InChI is InChI=1S/C12H14N2O/c13-12(15)11-8-10(6-7-14-11)9-4-2-1-3-5-9/h1-6,11,14H,7-8H2,(H2,13,15). The minimum absolute atomic E-state index is 0.231. The number of carbonyl (C=O) groups excluding carboxylic acids is 1. The summed E-state index contributed by atoms with van der Waals surface area (Å²) in [6, 6.07) is 9.85. The summed E-state index contributed by atoms with van der Waals surface area (Å²) in [5.74, 6) is -0.281. The zero-order valence-corrected chi connectivity index (χ0v) is 8.44. The smallest absolute Gasteiger partial charge is 0.234 e. The Morgan fingerprint density at radius 2 is 2.07 bits per heavy atom. The molecule has 1 aromatic carbocycles. The number of amides is 1. The van der Waals surface area contributed by atoms with Gasteiger partial charge in [0, 0.05) is 6.54 Å². The van der Waals surface area contributed by atoms with E-state index in [-0.39, 0.29) is 11.9 Å².